The first-order valence-electron chi connectivity index (χ1n) is 6.91. The topological polar surface area (TPSA) is 88.4 Å². The number of carbonyl (C=O) groups is 2. The number of nitrogens with one attached hydrogen (secondary N) is 1. The maximum atomic E-state index is 12.0. The molecule has 1 aromatic rings. The van der Waals surface area contributed by atoms with Gasteiger partial charge in [-0.2, -0.15) is 0 Å². The van der Waals surface area contributed by atoms with Gasteiger partial charge in [-0.05, 0) is 26.2 Å². The molecule has 0 aliphatic carbocycles. The predicted molar refractivity (Wildman–Crippen MR) is 79.2 cm³/mol. The lowest BCUT2D eigenvalue weighted by molar-refractivity contribution is -0.142. The number of rotatable bonds is 6. The predicted octanol–water partition coefficient (Wildman–Crippen LogP) is 1.08. The molecule has 1 rings (SSSR count). The average molecular weight is 294 g/mol. The molecule has 6 nitrogen and oxygen atoms in total. The molecule has 21 heavy (non-hydrogen) atoms. The first-order valence-corrected chi connectivity index (χ1v) is 6.91. The van der Waals surface area contributed by atoms with E-state index in [1.165, 1.54) is 12.1 Å². The fraction of sp³-hybridized carbons (Fsp3) is 0.533. The van der Waals surface area contributed by atoms with Gasteiger partial charge < -0.3 is 15.0 Å². The van der Waals surface area contributed by atoms with E-state index in [1.54, 1.807) is 18.4 Å². The number of nitrogens with zero attached hydrogens (tertiary/aromatic N) is 1. The highest BCUT2D eigenvalue weighted by atomic mass is 16.4. The Labute approximate surface area is 123 Å². The Hall–Kier alpha value is -2.11. The molecule has 6 heteroatoms. The largest absolute Gasteiger partial charge is 0.480 e. The molecule has 1 aromatic heterocycles. The standard InChI is InChI=1S/C15H22N2O4/c1-9(2)5-13(15(20)21)16-14(19)8-17-10(3)6-12(18)7-11(17)4/h6-7,9,13H,5,8H2,1-4H3,(H,16,19)(H,20,21). The SMILES string of the molecule is Cc1cc(=O)cc(C)n1CC(=O)NC(CC(C)C)C(=O)O. The van der Waals surface area contributed by atoms with E-state index in [0.29, 0.717) is 17.8 Å². The number of aromatic nitrogens is 1. The molecule has 0 aliphatic rings. The van der Waals surface area contributed by atoms with Gasteiger partial charge in [0.2, 0.25) is 5.91 Å². The molecule has 2 N–H and O–H groups in total. The lowest BCUT2D eigenvalue weighted by atomic mass is 10.0. The summed E-state index contributed by atoms with van der Waals surface area (Å²) in [7, 11) is 0. The maximum absolute atomic E-state index is 12.0. The van der Waals surface area contributed by atoms with Crippen molar-refractivity contribution in [1.29, 1.82) is 0 Å². The summed E-state index contributed by atoms with van der Waals surface area (Å²) in [6, 6.07) is 2.00. The van der Waals surface area contributed by atoms with Gasteiger partial charge in [0.1, 0.15) is 12.6 Å². The molecule has 116 valence electrons. The third kappa shape index (κ3) is 5.06. The van der Waals surface area contributed by atoms with Gasteiger partial charge in [0.25, 0.3) is 0 Å². The van der Waals surface area contributed by atoms with E-state index in [4.69, 9.17) is 5.11 Å². The zero-order valence-corrected chi connectivity index (χ0v) is 12.8. The zero-order valence-electron chi connectivity index (χ0n) is 12.8. The maximum Gasteiger partial charge on any atom is 0.326 e. The fourth-order valence-corrected chi connectivity index (χ4v) is 2.21. The second-order valence-corrected chi connectivity index (χ2v) is 5.65. The molecule has 1 amide bonds. The summed E-state index contributed by atoms with van der Waals surface area (Å²) in [5.41, 5.74) is 1.24. The number of carbonyl (C=O) groups excluding carboxylic acids is 1. The molecule has 1 heterocycles. The molecule has 0 spiro atoms. The van der Waals surface area contributed by atoms with Crippen molar-refractivity contribution < 1.29 is 14.7 Å². The second kappa shape index (κ2) is 7.06. The van der Waals surface area contributed by atoms with Gasteiger partial charge in [-0.1, -0.05) is 13.8 Å². The zero-order chi connectivity index (χ0) is 16.2. The Balaban J connectivity index is 2.82. The Morgan fingerprint density at radius 1 is 1.24 bits per heavy atom. The molecular formula is C15H22N2O4. The van der Waals surface area contributed by atoms with Crippen molar-refractivity contribution in [3.63, 3.8) is 0 Å². The van der Waals surface area contributed by atoms with E-state index < -0.39 is 12.0 Å². The van der Waals surface area contributed by atoms with Crippen molar-refractivity contribution in [3.8, 4) is 0 Å². The van der Waals surface area contributed by atoms with E-state index >= 15 is 0 Å². The highest BCUT2D eigenvalue weighted by molar-refractivity contribution is 5.83. The Morgan fingerprint density at radius 2 is 1.76 bits per heavy atom. The number of aryl methyl sites for hydroxylation is 2. The van der Waals surface area contributed by atoms with Crippen LogP contribution in [0.4, 0.5) is 0 Å². The quantitative estimate of drug-likeness (QED) is 0.821. The number of aliphatic carboxylic acids is 1. The molecule has 0 bridgehead atoms. The molecule has 0 radical (unpaired) electrons. The summed E-state index contributed by atoms with van der Waals surface area (Å²) in [6.07, 6.45) is 0.378. The van der Waals surface area contributed by atoms with Crippen LogP contribution in [0.1, 0.15) is 31.7 Å². The first-order chi connectivity index (χ1) is 9.70. The summed E-state index contributed by atoms with van der Waals surface area (Å²) in [5.74, 6) is -1.24. The molecule has 0 aliphatic heterocycles. The third-order valence-corrected chi connectivity index (χ3v) is 3.20. The first kappa shape index (κ1) is 16.9. The Kier molecular flexibility index (Phi) is 5.69. The van der Waals surface area contributed by atoms with Gasteiger partial charge in [0, 0.05) is 23.5 Å². The van der Waals surface area contributed by atoms with Gasteiger partial charge in [0.15, 0.2) is 5.43 Å². The second-order valence-electron chi connectivity index (χ2n) is 5.65. The normalized spacial score (nSPS) is 12.2. The number of carboxylic acids is 1. The molecule has 0 saturated carbocycles. The van der Waals surface area contributed by atoms with Crippen molar-refractivity contribution in [3.05, 3.63) is 33.7 Å². The molecule has 0 fully saturated rings. The van der Waals surface area contributed by atoms with Crippen LogP contribution in [0.25, 0.3) is 0 Å². The van der Waals surface area contributed by atoms with Gasteiger partial charge >= 0.3 is 5.97 Å². The smallest absolute Gasteiger partial charge is 0.326 e. The van der Waals surface area contributed by atoms with Gasteiger partial charge in [-0.3, -0.25) is 9.59 Å². The van der Waals surface area contributed by atoms with E-state index in [2.05, 4.69) is 5.32 Å². The van der Waals surface area contributed by atoms with E-state index in [-0.39, 0.29) is 23.8 Å². The average Bonchev–Trinajstić information content (AvgIpc) is 2.32. The van der Waals surface area contributed by atoms with E-state index in [9.17, 15) is 14.4 Å². The Bertz CT molecular complexity index is 564. The molecule has 0 saturated heterocycles. The minimum absolute atomic E-state index is 0.000177. The summed E-state index contributed by atoms with van der Waals surface area (Å²) in [5, 5.41) is 11.6. The minimum Gasteiger partial charge on any atom is -0.480 e. The lowest BCUT2D eigenvalue weighted by Gasteiger charge is -2.18. The third-order valence-electron chi connectivity index (χ3n) is 3.20. The highest BCUT2D eigenvalue weighted by Crippen LogP contribution is 2.06. The fourth-order valence-electron chi connectivity index (χ4n) is 2.21. The molecular weight excluding hydrogens is 272 g/mol. The van der Waals surface area contributed by atoms with Crippen LogP contribution in [-0.2, 0) is 16.1 Å². The number of pyridine rings is 1. The summed E-state index contributed by atoms with van der Waals surface area (Å²) < 4.78 is 1.69. The van der Waals surface area contributed by atoms with Crippen molar-refractivity contribution in [2.75, 3.05) is 0 Å². The van der Waals surface area contributed by atoms with Gasteiger partial charge in [0.05, 0.1) is 0 Å². The minimum atomic E-state index is -1.04. The van der Waals surface area contributed by atoms with Crippen LogP contribution in [0.15, 0.2) is 16.9 Å². The van der Waals surface area contributed by atoms with Crippen LogP contribution in [0.3, 0.4) is 0 Å². The van der Waals surface area contributed by atoms with Crippen molar-refractivity contribution >= 4 is 11.9 Å². The highest BCUT2D eigenvalue weighted by Gasteiger charge is 2.21. The van der Waals surface area contributed by atoms with Crippen LogP contribution in [-0.4, -0.2) is 27.6 Å². The number of amides is 1. The summed E-state index contributed by atoms with van der Waals surface area (Å²) in [4.78, 5) is 34.5. The van der Waals surface area contributed by atoms with E-state index in [0.717, 1.165) is 0 Å². The van der Waals surface area contributed by atoms with Crippen LogP contribution < -0.4 is 10.7 Å². The van der Waals surface area contributed by atoms with Crippen molar-refractivity contribution in [2.24, 2.45) is 5.92 Å². The van der Waals surface area contributed by atoms with Gasteiger partial charge in [-0.15, -0.1) is 0 Å². The van der Waals surface area contributed by atoms with Crippen LogP contribution in [0.5, 0.6) is 0 Å². The van der Waals surface area contributed by atoms with Gasteiger partial charge in [-0.25, -0.2) is 4.79 Å². The number of carboxylic acid groups (broad SMARTS) is 1. The molecule has 1 atom stereocenters. The molecule has 0 aromatic carbocycles. The van der Waals surface area contributed by atoms with Crippen molar-refractivity contribution in [2.45, 2.75) is 46.7 Å². The lowest BCUT2D eigenvalue weighted by Crippen LogP contribution is -2.43. The number of hydrogen-bond acceptors (Lipinski definition) is 3. The monoisotopic (exact) mass is 294 g/mol. The van der Waals surface area contributed by atoms with Crippen LogP contribution in [0, 0.1) is 19.8 Å². The Morgan fingerprint density at radius 3 is 2.19 bits per heavy atom. The van der Waals surface area contributed by atoms with Crippen molar-refractivity contribution in [1.82, 2.24) is 9.88 Å². The summed E-state index contributed by atoms with van der Waals surface area (Å²) >= 11 is 0. The van der Waals surface area contributed by atoms with E-state index in [1.807, 2.05) is 13.8 Å². The van der Waals surface area contributed by atoms with Crippen LogP contribution in [0.2, 0.25) is 0 Å². The number of hydrogen-bond donors (Lipinski definition) is 2. The summed E-state index contributed by atoms with van der Waals surface area (Å²) in [6.45, 7) is 7.28. The molecule has 1 unspecified atom stereocenters. The van der Waals surface area contributed by atoms with Crippen LogP contribution >= 0.6 is 0 Å².